The van der Waals surface area contributed by atoms with Crippen molar-refractivity contribution in [3.8, 4) is 0 Å². The van der Waals surface area contributed by atoms with E-state index >= 15 is 0 Å². The molecule has 0 radical (unpaired) electrons. The first-order chi connectivity index (χ1) is 11.1. The summed E-state index contributed by atoms with van der Waals surface area (Å²) in [4.78, 5) is 23.8. The van der Waals surface area contributed by atoms with Gasteiger partial charge in [-0.2, -0.15) is 0 Å². The van der Waals surface area contributed by atoms with Gasteiger partial charge in [-0.1, -0.05) is 34.1 Å². The Morgan fingerprint density at radius 1 is 1.17 bits per heavy atom. The van der Waals surface area contributed by atoms with E-state index in [0.717, 1.165) is 15.7 Å². The minimum Gasteiger partial charge on any atom is -0.408 e. The Balaban J connectivity index is 1.59. The molecule has 0 saturated carbocycles. The number of rotatable bonds is 5. The molecule has 3 aromatic rings. The van der Waals surface area contributed by atoms with Crippen LogP contribution in [0.5, 0.6) is 0 Å². The first-order valence-electron chi connectivity index (χ1n) is 7.27. The Morgan fingerprint density at radius 2 is 2.00 bits per heavy atom. The molecule has 0 aliphatic heterocycles. The minimum absolute atomic E-state index is 0.0797. The standard InChI is InChI=1S/C17H15BrN2O3/c18-12-5-3-6-13(11-12)19-16(21)9-4-10-20-14-7-1-2-8-15(14)23-17(20)22/h1-3,5-8,11H,4,9-10H2,(H,19,21). The van der Waals surface area contributed by atoms with E-state index in [1.807, 2.05) is 42.5 Å². The van der Waals surface area contributed by atoms with Crippen molar-refractivity contribution in [3.05, 3.63) is 63.6 Å². The van der Waals surface area contributed by atoms with Gasteiger partial charge in [0.1, 0.15) is 0 Å². The van der Waals surface area contributed by atoms with Crippen LogP contribution in [0.15, 0.2) is 62.2 Å². The van der Waals surface area contributed by atoms with E-state index in [1.165, 1.54) is 0 Å². The highest BCUT2D eigenvalue weighted by Crippen LogP contribution is 2.16. The monoisotopic (exact) mass is 374 g/mol. The second-order valence-corrected chi connectivity index (χ2v) is 6.07. The Morgan fingerprint density at radius 3 is 2.83 bits per heavy atom. The number of hydrogen-bond acceptors (Lipinski definition) is 3. The number of para-hydroxylation sites is 2. The maximum absolute atomic E-state index is 12.0. The van der Waals surface area contributed by atoms with E-state index < -0.39 is 5.76 Å². The summed E-state index contributed by atoms with van der Waals surface area (Å²) in [5.41, 5.74) is 2.07. The second-order valence-electron chi connectivity index (χ2n) is 5.15. The molecule has 0 saturated heterocycles. The normalized spacial score (nSPS) is 10.8. The highest BCUT2D eigenvalue weighted by atomic mass is 79.9. The molecule has 23 heavy (non-hydrogen) atoms. The molecule has 0 spiro atoms. The smallest absolute Gasteiger partial charge is 0.408 e. The largest absolute Gasteiger partial charge is 0.419 e. The number of carbonyl (C=O) groups excluding carboxylic acids is 1. The number of amides is 1. The van der Waals surface area contributed by atoms with Crippen LogP contribution in [0, 0.1) is 0 Å². The summed E-state index contributed by atoms with van der Waals surface area (Å²) in [6, 6.07) is 14.7. The lowest BCUT2D eigenvalue weighted by Crippen LogP contribution is -2.17. The number of nitrogens with zero attached hydrogens (tertiary/aromatic N) is 1. The summed E-state index contributed by atoms with van der Waals surface area (Å²) in [6.07, 6.45) is 0.891. The Kier molecular flexibility index (Phi) is 4.62. The van der Waals surface area contributed by atoms with Gasteiger partial charge in [0, 0.05) is 23.1 Å². The number of anilines is 1. The Labute approximate surface area is 141 Å². The summed E-state index contributed by atoms with van der Waals surface area (Å²) >= 11 is 3.36. The number of oxazole rings is 1. The summed E-state index contributed by atoms with van der Waals surface area (Å²) in [7, 11) is 0. The van der Waals surface area contributed by atoms with E-state index in [9.17, 15) is 9.59 Å². The summed E-state index contributed by atoms with van der Waals surface area (Å²) in [5.74, 6) is -0.470. The number of nitrogens with one attached hydrogen (secondary N) is 1. The highest BCUT2D eigenvalue weighted by molar-refractivity contribution is 9.10. The number of fused-ring (bicyclic) bond motifs is 1. The van der Waals surface area contributed by atoms with Gasteiger partial charge in [-0.05, 0) is 36.8 Å². The van der Waals surface area contributed by atoms with Crippen LogP contribution in [0.2, 0.25) is 0 Å². The van der Waals surface area contributed by atoms with Gasteiger partial charge < -0.3 is 9.73 Å². The van der Waals surface area contributed by atoms with E-state index in [2.05, 4.69) is 21.2 Å². The summed E-state index contributed by atoms with van der Waals surface area (Å²) in [6.45, 7) is 0.446. The van der Waals surface area contributed by atoms with Crippen LogP contribution >= 0.6 is 15.9 Å². The van der Waals surface area contributed by atoms with Crippen molar-refractivity contribution < 1.29 is 9.21 Å². The zero-order valence-corrected chi connectivity index (χ0v) is 13.9. The predicted octanol–water partition coefficient (Wildman–Crippen LogP) is 3.78. The number of aryl methyl sites for hydroxylation is 1. The van der Waals surface area contributed by atoms with Crippen LogP contribution in [0.4, 0.5) is 5.69 Å². The number of halogens is 1. The molecular formula is C17H15BrN2O3. The van der Waals surface area contributed by atoms with Crippen LogP contribution in [0.25, 0.3) is 11.1 Å². The van der Waals surface area contributed by atoms with Gasteiger partial charge >= 0.3 is 5.76 Å². The fourth-order valence-corrected chi connectivity index (χ4v) is 2.81. The lowest BCUT2D eigenvalue weighted by molar-refractivity contribution is -0.116. The fourth-order valence-electron chi connectivity index (χ4n) is 2.41. The van der Waals surface area contributed by atoms with Crippen LogP contribution in [-0.2, 0) is 11.3 Å². The molecule has 1 heterocycles. The van der Waals surface area contributed by atoms with E-state index in [1.54, 1.807) is 10.6 Å². The van der Waals surface area contributed by atoms with Crippen molar-refractivity contribution in [2.75, 3.05) is 5.32 Å². The molecule has 0 aliphatic rings. The molecule has 0 aliphatic carbocycles. The lowest BCUT2D eigenvalue weighted by Gasteiger charge is -2.06. The van der Waals surface area contributed by atoms with Crippen molar-refractivity contribution in [1.29, 1.82) is 0 Å². The molecule has 2 aromatic carbocycles. The first kappa shape index (κ1) is 15.6. The third-order valence-corrected chi connectivity index (χ3v) is 3.96. The Hall–Kier alpha value is -2.34. The molecule has 3 rings (SSSR count). The van der Waals surface area contributed by atoms with Crippen LogP contribution in [0.3, 0.4) is 0 Å². The molecule has 1 amide bonds. The summed E-state index contributed by atoms with van der Waals surface area (Å²) in [5, 5.41) is 2.83. The average Bonchev–Trinajstić information content (AvgIpc) is 2.83. The zero-order valence-electron chi connectivity index (χ0n) is 12.3. The fraction of sp³-hybridized carbons (Fsp3) is 0.176. The van der Waals surface area contributed by atoms with Crippen molar-refractivity contribution in [2.45, 2.75) is 19.4 Å². The molecule has 118 valence electrons. The summed E-state index contributed by atoms with van der Waals surface area (Å²) < 4.78 is 7.63. The number of carbonyl (C=O) groups is 1. The molecule has 1 aromatic heterocycles. The Bertz CT molecular complexity index is 898. The second kappa shape index (κ2) is 6.83. The molecule has 1 N–H and O–H groups in total. The topological polar surface area (TPSA) is 64.2 Å². The number of hydrogen-bond donors (Lipinski definition) is 1. The first-order valence-corrected chi connectivity index (χ1v) is 8.06. The molecule has 6 heteroatoms. The van der Waals surface area contributed by atoms with E-state index in [4.69, 9.17) is 4.42 Å². The van der Waals surface area contributed by atoms with Crippen molar-refractivity contribution in [1.82, 2.24) is 4.57 Å². The maximum atomic E-state index is 12.0. The van der Waals surface area contributed by atoms with Gasteiger partial charge in [-0.15, -0.1) is 0 Å². The molecule has 0 unspecified atom stereocenters. The van der Waals surface area contributed by atoms with Crippen molar-refractivity contribution in [3.63, 3.8) is 0 Å². The molecule has 0 bridgehead atoms. The van der Waals surface area contributed by atoms with Gasteiger partial charge in [0.05, 0.1) is 5.52 Å². The quantitative estimate of drug-likeness (QED) is 0.738. The van der Waals surface area contributed by atoms with Gasteiger partial charge in [-0.3, -0.25) is 9.36 Å². The molecule has 5 nitrogen and oxygen atoms in total. The SMILES string of the molecule is O=C(CCCn1c(=O)oc2ccccc21)Nc1cccc(Br)c1. The maximum Gasteiger partial charge on any atom is 0.419 e. The van der Waals surface area contributed by atoms with Gasteiger partial charge in [0.25, 0.3) is 0 Å². The van der Waals surface area contributed by atoms with Crippen LogP contribution in [-0.4, -0.2) is 10.5 Å². The number of benzene rings is 2. The number of aromatic nitrogens is 1. The zero-order chi connectivity index (χ0) is 16.2. The van der Waals surface area contributed by atoms with E-state index in [-0.39, 0.29) is 5.91 Å². The van der Waals surface area contributed by atoms with Gasteiger partial charge in [0.15, 0.2) is 5.58 Å². The predicted molar refractivity (Wildman–Crippen MR) is 92.5 cm³/mol. The van der Waals surface area contributed by atoms with Gasteiger partial charge in [-0.25, -0.2) is 4.79 Å². The van der Waals surface area contributed by atoms with Crippen LogP contribution < -0.4 is 11.1 Å². The third kappa shape index (κ3) is 3.71. The molecule has 0 fully saturated rings. The lowest BCUT2D eigenvalue weighted by atomic mass is 10.2. The third-order valence-electron chi connectivity index (χ3n) is 3.47. The average molecular weight is 375 g/mol. The molecule has 0 atom stereocenters. The molecular weight excluding hydrogens is 360 g/mol. The van der Waals surface area contributed by atoms with Crippen molar-refractivity contribution in [2.24, 2.45) is 0 Å². The van der Waals surface area contributed by atoms with Crippen molar-refractivity contribution >= 4 is 38.6 Å². The minimum atomic E-state index is -0.390. The van der Waals surface area contributed by atoms with E-state index in [0.29, 0.717) is 25.0 Å². The highest BCUT2D eigenvalue weighted by Gasteiger charge is 2.09. The van der Waals surface area contributed by atoms with Gasteiger partial charge in [0.2, 0.25) is 5.91 Å². The van der Waals surface area contributed by atoms with Crippen LogP contribution in [0.1, 0.15) is 12.8 Å².